The van der Waals surface area contributed by atoms with Gasteiger partial charge < -0.3 is 9.80 Å². The van der Waals surface area contributed by atoms with Crippen LogP contribution >= 0.6 is 0 Å². The van der Waals surface area contributed by atoms with Gasteiger partial charge in [0.2, 0.25) is 0 Å². The molecule has 10 aromatic rings. The molecule has 0 heterocycles. The van der Waals surface area contributed by atoms with Crippen LogP contribution in [0.4, 0.5) is 34.1 Å². The second-order valence-corrected chi connectivity index (χ2v) is 16.0. The van der Waals surface area contributed by atoms with Crippen LogP contribution in [0, 0.1) is 0 Å². The Morgan fingerprint density at radius 3 is 1.39 bits per heavy atom. The second kappa shape index (κ2) is 14.1. The molecule has 0 fully saturated rings. The Morgan fingerprint density at radius 1 is 0.295 bits per heavy atom. The lowest BCUT2D eigenvalue weighted by Crippen LogP contribution is -2.26. The Bertz CT molecular complexity index is 3210. The minimum atomic E-state index is -0.607. The Balaban J connectivity index is 1.21. The van der Waals surface area contributed by atoms with Crippen molar-refractivity contribution in [3.8, 4) is 33.4 Å². The van der Waals surface area contributed by atoms with E-state index in [0.29, 0.717) is 0 Å². The standard InChI is InChI=1S/C59H40N2/c1-5-22-41(23-6-1)46-31-17-20-38-53(46)61(45-29-11-4-12-30-45)54-39-21-37-52-56(54)48-33-15-18-35-50(48)59(52)51-36-19-16-34-49(51)57-55(40-42-24-13-14-32-47(42)58(57)59)60(43-25-7-2-8-26-43)44-27-9-3-10-28-44/h1-40H. The van der Waals surface area contributed by atoms with Gasteiger partial charge in [-0.25, -0.2) is 0 Å². The predicted molar refractivity (Wildman–Crippen MR) is 255 cm³/mol. The number of hydrogen-bond acceptors (Lipinski definition) is 2. The zero-order valence-corrected chi connectivity index (χ0v) is 33.5. The lowest BCUT2D eigenvalue weighted by atomic mass is 9.69. The van der Waals surface area contributed by atoms with Gasteiger partial charge in [-0.2, -0.15) is 0 Å². The van der Waals surface area contributed by atoms with Gasteiger partial charge >= 0.3 is 0 Å². The van der Waals surface area contributed by atoms with Crippen molar-refractivity contribution < 1.29 is 0 Å². The quantitative estimate of drug-likeness (QED) is 0.159. The fraction of sp³-hybridized carbons (Fsp3) is 0.0169. The van der Waals surface area contributed by atoms with Crippen molar-refractivity contribution in [2.24, 2.45) is 0 Å². The van der Waals surface area contributed by atoms with Crippen LogP contribution in [0.2, 0.25) is 0 Å². The number of nitrogens with zero attached hydrogens (tertiary/aromatic N) is 2. The molecule has 1 unspecified atom stereocenters. The number of benzene rings is 10. The molecule has 0 saturated carbocycles. The summed E-state index contributed by atoms with van der Waals surface area (Å²) in [5, 5.41) is 2.48. The van der Waals surface area contributed by atoms with E-state index in [1.807, 2.05) is 0 Å². The van der Waals surface area contributed by atoms with E-state index in [2.05, 4.69) is 252 Å². The van der Waals surface area contributed by atoms with E-state index in [1.165, 1.54) is 72.1 Å². The molecule has 61 heavy (non-hydrogen) atoms. The van der Waals surface area contributed by atoms with E-state index in [1.54, 1.807) is 0 Å². The van der Waals surface area contributed by atoms with Gasteiger partial charge in [0.15, 0.2) is 0 Å². The highest BCUT2D eigenvalue weighted by atomic mass is 15.2. The van der Waals surface area contributed by atoms with Crippen LogP contribution in [-0.2, 0) is 5.41 Å². The summed E-state index contributed by atoms with van der Waals surface area (Å²) in [5.74, 6) is 0. The van der Waals surface area contributed by atoms with Gasteiger partial charge in [-0.3, -0.25) is 0 Å². The van der Waals surface area contributed by atoms with Gasteiger partial charge in [0.1, 0.15) is 0 Å². The largest absolute Gasteiger partial charge is 0.310 e. The third-order valence-corrected chi connectivity index (χ3v) is 12.8. The van der Waals surface area contributed by atoms with E-state index >= 15 is 0 Å². The first-order valence-electron chi connectivity index (χ1n) is 21.1. The summed E-state index contributed by atoms with van der Waals surface area (Å²) in [6, 6.07) is 89.0. The topological polar surface area (TPSA) is 6.48 Å². The fourth-order valence-corrected chi connectivity index (χ4v) is 10.5. The Hall–Kier alpha value is -7.94. The third-order valence-electron chi connectivity index (χ3n) is 12.8. The minimum Gasteiger partial charge on any atom is -0.310 e. The average molecular weight is 777 g/mol. The second-order valence-electron chi connectivity index (χ2n) is 16.0. The molecule has 12 rings (SSSR count). The van der Waals surface area contributed by atoms with Crippen molar-refractivity contribution in [1.29, 1.82) is 0 Å². The molecule has 10 aromatic carbocycles. The zero-order valence-electron chi connectivity index (χ0n) is 33.5. The number of para-hydroxylation sites is 4. The van der Waals surface area contributed by atoms with Crippen molar-refractivity contribution in [2.45, 2.75) is 5.41 Å². The summed E-state index contributed by atoms with van der Waals surface area (Å²) < 4.78 is 0. The van der Waals surface area contributed by atoms with Gasteiger partial charge in [0.25, 0.3) is 0 Å². The molecule has 2 aliphatic carbocycles. The van der Waals surface area contributed by atoms with Crippen LogP contribution in [0.3, 0.4) is 0 Å². The Kier molecular flexibility index (Phi) is 8.11. The van der Waals surface area contributed by atoms with Crippen molar-refractivity contribution >= 4 is 44.9 Å². The van der Waals surface area contributed by atoms with Crippen LogP contribution in [0.5, 0.6) is 0 Å². The highest BCUT2D eigenvalue weighted by Crippen LogP contribution is 2.67. The molecular formula is C59H40N2. The maximum atomic E-state index is 2.49. The minimum absolute atomic E-state index is 0.607. The van der Waals surface area contributed by atoms with Gasteiger partial charge in [0, 0.05) is 33.8 Å². The maximum absolute atomic E-state index is 2.49. The normalized spacial score (nSPS) is 14.3. The smallest absolute Gasteiger partial charge is 0.0733 e. The van der Waals surface area contributed by atoms with Crippen molar-refractivity contribution in [1.82, 2.24) is 0 Å². The first-order chi connectivity index (χ1) is 30.3. The molecule has 1 spiro atoms. The maximum Gasteiger partial charge on any atom is 0.0733 e. The van der Waals surface area contributed by atoms with Crippen molar-refractivity contribution in [3.63, 3.8) is 0 Å². The average Bonchev–Trinajstić information content (AvgIpc) is 3.82. The third kappa shape index (κ3) is 5.22. The molecule has 2 heteroatoms. The number of hydrogen-bond donors (Lipinski definition) is 0. The molecule has 2 aliphatic rings. The summed E-state index contributed by atoms with van der Waals surface area (Å²) in [4.78, 5) is 4.94. The molecule has 0 amide bonds. The van der Waals surface area contributed by atoms with Crippen LogP contribution in [-0.4, -0.2) is 0 Å². The summed E-state index contributed by atoms with van der Waals surface area (Å²) >= 11 is 0. The fourth-order valence-electron chi connectivity index (χ4n) is 10.5. The Labute approximate surface area is 356 Å². The first kappa shape index (κ1) is 35.0. The lowest BCUT2D eigenvalue weighted by molar-refractivity contribution is 0.801. The molecule has 0 radical (unpaired) electrons. The van der Waals surface area contributed by atoms with E-state index in [9.17, 15) is 0 Å². The monoisotopic (exact) mass is 776 g/mol. The first-order valence-corrected chi connectivity index (χ1v) is 21.1. The molecular weight excluding hydrogens is 737 g/mol. The molecule has 0 aliphatic heterocycles. The van der Waals surface area contributed by atoms with E-state index in [0.717, 1.165) is 28.4 Å². The number of anilines is 6. The summed E-state index contributed by atoms with van der Waals surface area (Å²) in [6.07, 6.45) is 0. The zero-order chi connectivity index (χ0) is 40.3. The van der Waals surface area contributed by atoms with Gasteiger partial charge in [-0.15, -0.1) is 0 Å². The van der Waals surface area contributed by atoms with Crippen LogP contribution < -0.4 is 9.80 Å². The number of fused-ring (bicyclic) bond motifs is 12. The molecule has 1 atom stereocenters. The summed E-state index contributed by atoms with van der Waals surface area (Å²) in [6.45, 7) is 0. The highest BCUT2D eigenvalue weighted by Gasteiger charge is 2.54. The van der Waals surface area contributed by atoms with E-state index in [-0.39, 0.29) is 0 Å². The molecule has 2 nitrogen and oxygen atoms in total. The van der Waals surface area contributed by atoms with Gasteiger partial charge in [-0.05, 0) is 104 Å². The number of rotatable bonds is 7. The molecule has 0 bridgehead atoms. The Morgan fingerprint density at radius 2 is 0.754 bits per heavy atom. The lowest BCUT2D eigenvalue weighted by Gasteiger charge is -2.34. The molecule has 286 valence electrons. The summed E-state index contributed by atoms with van der Waals surface area (Å²) in [5.41, 5.74) is 18.8. The van der Waals surface area contributed by atoms with Crippen molar-refractivity contribution in [2.75, 3.05) is 9.80 Å². The van der Waals surface area contributed by atoms with Gasteiger partial charge in [-0.1, -0.05) is 188 Å². The molecule has 0 aromatic heterocycles. The van der Waals surface area contributed by atoms with E-state index in [4.69, 9.17) is 0 Å². The SMILES string of the molecule is c1ccc(-c2ccccc2N(c2ccccc2)c2cccc3c2-c2ccccc2C32c3ccccc3-c3c(N(c4ccccc4)c4ccccc4)cc4ccccc4c32)cc1. The predicted octanol–water partition coefficient (Wildman–Crippen LogP) is 15.8. The molecule has 0 N–H and O–H groups in total. The van der Waals surface area contributed by atoms with Crippen LogP contribution in [0.25, 0.3) is 44.2 Å². The molecule has 0 saturated heterocycles. The van der Waals surface area contributed by atoms with E-state index < -0.39 is 5.41 Å². The highest BCUT2D eigenvalue weighted by molar-refractivity contribution is 6.11. The van der Waals surface area contributed by atoms with Gasteiger partial charge in [0.05, 0.1) is 22.5 Å². The van der Waals surface area contributed by atoms with Crippen LogP contribution in [0.15, 0.2) is 243 Å². The van der Waals surface area contributed by atoms with Crippen LogP contribution in [0.1, 0.15) is 22.3 Å². The van der Waals surface area contributed by atoms with Crippen molar-refractivity contribution in [3.05, 3.63) is 265 Å². The summed E-state index contributed by atoms with van der Waals surface area (Å²) in [7, 11) is 0.